The van der Waals surface area contributed by atoms with Crippen molar-refractivity contribution in [3.63, 3.8) is 0 Å². The second kappa shape index (κ2) is 28.6. The molecule has 0 aliphatic carbocycles. The molecule has 14 rings (SSSR count). The molecule has 4 atom stereocenters. The minimum atomic E-state index is 0.0132. The zero-order valence-electron chi connectivity index (χ0n) is 62.0. The molecule has 0 spiro atoms. The van der Waals surface area contributed by atoms with E-state index in [1.54, 1.807) is 56.8 Å². The Morgan fingerprint density at radius 2 is 0.980 bits per heavy atom. The van der Waals surface area contributed by atoms with E-state index in [0.29, 0.717) is 17.5 Å². The number of allylic oxidation sites excluding steroid dienone is 2. The van der Waals surface area contributed by atoms with Crippen LogP contribution in [0.5, 0.6) is 0 Å². The lowest BCUT2D eigenvalue weighted by atomic mass is 9.89. The van der Waals surface area contributed by atoms with Crippen LogP contribution in [-0.2, 0) is 27.1 Å². The summed E-state index contributed by atoms with van der Waals surface area (Å²) in [5.74, 6) is 1.58. The monoisotopic (exact) mass is 1350 g/mol. The number of aromatic nitrogens is 14. The van der Waals surface area contributed by atoms with Crippen LogP contribution in [0.25, 0.3) is 28.1 Å². The number of hydrogen-bond donors (Lipinski definition) is 7. The lowest BCUT2D eigenvalue weighted by Crippen LogP contribution is -2.48. The van der Waals surface area contributed by atoms with Crippen LogP contribution < -0.4 is 39.7 Å². The van der Waals surface area contributed by atoms with Crippen molar-refractivity contribution in [2.75, 3.05) is 35.3 Å². The average Bonchev–Trinajstić information content (AvgIpc) is 1.56. The van der Waals surface area contributed by atoms with Crippen LogP contribution in [0.4, 0.5) is 28.8 Å². The first kappa shape index (κ1) is 74.4. The van der Waals surface area contributed by atoms with E-state index >= 15 is 0 Å². The summed E-state index contributed by atoms with van der Waals surface area (Å²) in [7, 11) is 1.82. The molecule has 4 aliphatic heterocycles. The smallest absolute Gasteiger partial charge is 0.227 e. The van der Waals surface area contributed by atoms with Crippen LogP contribution in [0.1, 0.15) is 174 Å². The number of fused-ring (bicyclic) bond motifs is 7. The third-order valence-corrected chi connectivity index (χ3v) is 16.7. The maximum absolute atomic E-state index is 5.92. The van der Waals surface area contributed by atoms with Gasteiger partial charge >= 0.3 is 0 Å². The first-order valence-corrected chi connectivity index (χ1v) is 33.3. The van der Waals surface area contributed by atoms with Crippen LogP contribution in [0.15, 0.2) is 149 Å². The highest BCUT2D eigenvalue weighted by molar-refractivity contribution is 5.76. The lowest BCUT2D eigenvalue weighted by molar-refractivity contribution is 0.149. The molecule has 4 aliphatic rings. The summed E-state index contributed by atoms with van der Waals surface area (Å²) < 4.78 is 9.15. The number of rotatable bonds is 1. The van der Waals surface area contributed by atoms with Gasteiger partial charge in [-0.1, -0.05) is 110 Å². The van der Waals surface area contributed by atoms with Crippen molar-refractivity contribution in [3.8, 4) is 0 Å². The van der Waals surface area contributed by atoms with E-state index in [1.807, 2.05) is 91.5 Å². The number of nitrogens with one attached hydrogen (secondary N) is 1. The van der Waals surface area contributed by atoms with Crippen molar-refractivity contribution < 1.29 is 0 Å². The Hall–Kier alpha value is -10.4. The van der Waals surface area contributed by atoms with Gasteiger partial charge in [-0.3, -0.25) is 15.0 Å². The Balaban J connectivity index is 0.000000147. The standard InChI is InChI=1S/C11H17N3.2C11H15N3.C10H15N5.C10H14N4.C10H16N4.C10H14N4/c1-11(2,3)14-7-5-8-9(12)4-6-13-10(8)14;1-11(2,3)10-5-4-9-8(12)6-7-13-14(9)10;1-11(2,3)9-7-13-10-8(12)5-4-6-14(9)10;1-10(2,3)7-5-14-15-8(7)12-6-13-9(15)11-4;1-10(2,3)7-6-13-14-8(11)4-5-12-9(7)14;1-10(2,3)14-6-13-8-7(11)4-5-12-9(8)14;1-10(2,3)8-6-12-9-7(11)4-5-13-14(8)9/h4-8,10H,12H2,1-3H3;2*4-7H,12H2,1-3H3;5-6H,1-4H3,(H,11,12,13);4-6H,11H2,1-3H3;4-6,8-9H,11H2,1-3H3;4-6H,11H2,1-3H3. The molecule has 528 valence electrons. The highest BCUT2D eigenvalue weighted by atomic mass is 15.4. The fraction of sp³-hybridized carbons (Fsp3) is 0.452. The predicted octanol–water partition coefficient (Wildman–Crippen LogP) is 11.3. The van der Waals surface area contributed by atoms with Crippen molar-refractivity contribution in [2.24, 2.45) is 32.4 Å². The van der Waals surface area contributed by atoms with E-state index in [9.17, 15) is 0 Å². The number of nitrogens with two attached hydrogens (primary N) is 6. The highest BCUT2D eigenvalue weighted by Gasteiger charge is 2.39. The van der Waals surface area contributed by atoms with Gasteiger partial charge in [0.2, 0.25) is 5.95 Å². The van der Waals surface area contributed by atoms with E-state index in [1.165, 1.54) is 11.4 Å². The maximum Gasteiger partial charge on any atom is 0.227 e. The van der Waals surface area contributed by atoms with Crippen molar-refractivity contribution >= 4 is 75.7 Å². The van der Waals surface area contributed by atoms with Crippen LogP contribution in [0, 0.1) is 5.92 Å². The predicted molar refractivity (Wildman–Crippen MR) is 405 cm³/mol. The van der Waals surface area contributed by atoms with Crippen molar-refractivity contribution in [1.29, 1.82) is 0 Å². The van der Waals surface area contributed by atoms with Gasteiger partial charge in [0.05, 0.1) is 65.3 Å². The molecule has 0 amide bonds. The second-order valence-corrected chi connectivity index (χ2v) is 31.9. The zero-order valence-corrected chi connectivity index (χ0v) is 62.0. The van der Waals surface area contributed by atoms with Gasteiger partial charge in [0.1, 0.15) is 30.5 Å². The molecule has 13 N–H and O–H groups in total. The molecule has 99 heavy (non-hydrogen) atoms. The van der Waals surface area contributed by atoms with Gasteiger partial charge in [0.25, 0.3) is 0 Å². The van der Waals surface area contributed by atoms with E-state index in [-0.39, 0.29) is 62.4 Å². The largest absolute Gasteiger partial charge is 0.401 e. The Bertz CT molecular complexity index is 4180. The van der Waals surface area contributed by atoms with E-state index in [4.69, 9.17) is 34.4 Å². The normalized spacial score (nSPS) is 17.4. The fourth-order valence-corrected chi connectivity index (χ4v) is 11.3. The number of pyridine rings is 1. The summed E-state index contributed by atoms with van der Waals surface area (Å²) in [4.78, 5) is 38.9. The number of hydrogen-bond acceptors (Lipinski definition) is 21. The van der Waals surface area contributed by atoms with Gasteiger partial charge in [-0.15, -0.1) is 0 Å². The molecule has 14 heterocycles. The molecule has 0 saturated heterocycles. The Labute approximate surface area is 582 Å². The van der Waals surface area contributed by atoms with Crippen molar-refractivity contribution in [3.05, 3.63) is 162 Å². The van der Waals surface area contributed by atoms with Gasteiger partial charge in [-0.25, -0.2) is 34.0 Å². The third kappa shape index (κ3) is 16.9. The summed E-state index contributed by atoms with van der Waals surface area (Å²) in [6, 6.07) is 13.2. The van der Waals surface area contributed by atoms with Gasteiger partial charge in [0.15, 0.2) is 22.6 Å². The van der Waals surface area contributed by atoms with Gasteiger partial charge in [-0.05, 0) is 113 Å². The molecular weight excluding hydrogens is 1240 g/mol. The van der Waals surface area contributed by atoms with Crippen molar-refractivity contribution in [2.45, 2.75) is 202 Å². The number of aliphatic imine (C=N–C) groups is 3. The number of nitrogen functional groups attached to an aromatic ring is 4. The summed E-state index contributed by atoms with van der Waals surface area (Å²) >= 11 is 0. The number of imidazole rings is 2. The number of nitrogens with zero attached hydrogens (tertiary/aromatic N) is 19. The first-order valence-electron chi connectivity index (χ1n) is 33.3. The summed E-state index contributed by atoms with van der Waals surface area (Å²) in [5.41, 5.74) is 49.3. The second-order valence-electron chi connectivity index (χ2n) is 31.9. The van der Waals surface area contributed by atoms with E-state index < -0.39 is 0 Å². The molecule has 26 heteroatoms. The van der Waals surface area contributed by atoms with Crippen LogP contribution in [-0.4, -0.2) is 133 Å². The topological polar surface area (TPSA) is 350 Å². The molecule has 26 nitrogen and oxygen atoms in total. The molecule has 4 unspecified atom stereocenters. The Morgan fingerprint density at radius 1 is 0.434 bits per heavy atom. The van der Waals surface area contributed by atoms with Crippen molar-refractivity contribution in [1.82, 2.24) is 77.6 Å². The van der Waals surface area contributed by atoms with E-state index in [0.717, 1.165) is 67.7 Å². The van der Waals surface area contributed by atoms with Crippen LogP contribution in [0.2, 0.25) is 0 Å². The van der Waals surface area contributed by atoms with Gasteiger partial charge in [0, 0.05) is 105 Å². The number of anilines is 5. The minimum absolute atomic E-state index is 0.0132. The minimum Gasteiger partial charge on any atom is -0.401 e. The quantitative estimate of drug-likeness (QED) is 0.0803. The summed E-state index contributed by atoms with van der Waals surface area (Å²) in [6.07, 6.45) is 29.7. The summed E-state index contributed by atoms with van der Waals surface area (Å²) in [6.45, 7) is 45.2. The van der Waals surface area contributed by atoms with Gasteiger partial charge < -0.3 is 53.9 Å². The van der Waals surface area contributed by atoms with Crippen LogP contribution in [0.3, 0.4) is 0 Å². The molecule has 0 saturated carbocycles. The molecular formula is C73H106N26. The number of dihydropyridines is 2. The first-order chi connectivity index (χ1) is 46.0. The van der Waals surface area contributed by atoms with E-state index in [2.05, 4.69) is 244 Å². The third-order valence-electron chi connectivity index (χ3n) is 16.7. The zero-order chi connectivity index (χ0) is 73.1. The lowest BCUT2D eigenvalue weighted by Gasteiger charge is -2.38. The molecule has 0 bridgehead atoms. The molecule has 10 aromatic heterocycles. The molecule has 0 aromatic carbocycles. The van der Waals surface area contributed by atoms with Gasteiger partial charge in [-0.2, -0.15) is 29.4 Å². The Morgan fingerprint density at radius 3 is 1.58 bits per heavy atom. The molecule has 0 radical (unpaired) electrons. The highest BCUT2D eigenvalue weighted by Crippen LogP contribution is 2.35. The molecule has 10 aromatic rings. The summed E-state index contributed by atoms with van der Waals surface area (Å²) in [5, 5.41) is 20.0. The SMILES string of the molecule is CC(C)(C)N1C=CC2C(N)=CC=NC21.CC(C)(C)N1C=NC2C(N)=CC=NC21.CC(C)(C)c1ccc2c(N)ccnn12.CC(C)(C)c1cnc2c(N)cccn12.CC(C)(C)c1cnc2c(N)ccnn12.CC(C)(C)c1cnn2c(N)ccnc12.CNc1ncnc2c(C(C)(C)C)cnn12. The average molecular weight is 1350 g/mol. The maximum atomic E-state index is 5.92. The molecule has 0 fully saturated rings. The van der Waals surface area contributed by atoms with Crippen LogP contribution >= 0.6 is 0 Å². The fourth-order valence-electron chi connectivity index (χ4n) is 11.3. The Kier molecular flexibility index (Phi) is 21.5.